The van der Waals surface area contributed by atoms with E-state index in [2.05, 4.69) is 10.6 Å². The van der Waals surface area contributed by atoms with E-state index in [1.807, 2.05) is 89.6 Å². The van der Waals surface area contributed by atoms with Crippen molar-refractivity contribution in [2.75, 3.05) is 10.6 Å². The number of nitrogens with zero attached hydrogens (tertiary/aromatic N) is 4. The molecule has 7 heteroatoms. The first-order valence-corrected chi connectivity index (χ1v) is 11.1. The number of fused-ring (bicyclic) bond motifs is 2. The molecule has 2 N–H and O–H groups in total. The molecule has 0 fully saturated rings. The molecule has 0 unspecified atom stereocenters. The number of urea groups is 1. The average molecular weight is 435 g/mol. The molecular weight excluding hydrogens is 412 g/mol. The summed E-state index contributed by atoms with van der Waals surface area (Å²) in [5, 5.41) is 16.5. The molecule has 0 saturated carbocycles. The summed E-state index contributed by atoms with van der Waals surface area (Å²) in [6, 6.07) is 27.1. The number of benzene rings is 3. The molecule has 2 aromatic heterocycles. The Balaban J connectivity index is 1.37. The fraction of sp³-hybridized carbons (Fsp3) is 0.115. The molecule has 162 valence electrons. The van der Waals surface area contributed by atoms with E-state index in [4.69, 9.17) is 10.2 Å². The predicted molar refractivity (Wildman–Crippen MR) is 129 cm³/mol. The number of rotatable bonds is 4. The van der Waals surface area contributed by atoms with Crippen molar-refractivity contribution in [2.24, 2.45) is 0 Å². The standard InChI is InChI=1S/C26H22N6O/c33-26(28-25-21-15-9-17-23(21)30-32(25)19-12-5-2-6-13-19)27-24-20-14-7-8-16-22(20)29-31(24)18-10-3-1-4-11-18/h1-8,10-14,16H,9,15,17H2,(H2,27,28,33). The lowest BCUT2D eigenvalue weighted by Gasteiger charge is -2.13. The van der Waals surface area contributed by atoms with Gasteiger partial charge in [0.25, 0.3) is 0 Å². The van der Waals surface area contributed by atoms with Gasteiger partial charge in [0, 0.05) is 10.9 Å². The lowest BCUT2D eigenvalue weighted by Crippen LogP contribution is -2.23. The number of carbonyl (C=O) groups excluding carboxylic acids is 1. The largest absolute Gasteiger partial charge is 0.326 e. The third-order valence-electron chi connectivity index (χ3n) is 5.95. The van der Waals surface area contributed by atoms with Crippen molar-refractivity contribution in [3.8, 4) is 11.4 Å². The topological polar surface area (TPSA) is 76.8 Å². The molecule has 0 atom stereocenters. The van der Waals surface area contributed by atoms with E-state index in [-0.39, 0.29) is 6.03 Å². The van der Waals surface area contributed by atoms with Crippen LogP contribution in [0.5, 0.6) is 0 Å². The fourth-order valence-corrected chi connectivity index (χ4v) is 4.43. The maximum atomic E-state index is 13.3. The molecule has 7 nitrogen and oxygen atoms in total. The summed E-state index contributed by atoms with van der Waals surface area (Å²) >= 11 is 0. The molecule has 33 heavy (non-hydrogen) atoms. The van der Waals surface area contributed by atoms with Crippen LogP contribution in [0.15, 0.2) is 84.9 Å². The first kappa shape index (κ1) is 19.3. The number of hydrogen-bond donors (Lipinski definition) is 2. The summed E-state index contributed by atoms with van der Waals surface area (Å²) < 4.78 is 3.60. The van der Waals surface area contributed by atoms with Crippen molar-refractivity contribution in [3.05, 3.63) is 96.2 Å². The van der Waals surface area contributed by atoms with Crippen molar-refractivity contribution in [2.45, 2.75) is 19.3 Å². The number of amides is 2. The highest BCUT2D eigenvalue weighted by Gasteiger charge is 2.25. The number of anilines is 2. The average Bonchev–Trinajstić information content (AvgIpc) is 3.55. The Morgan fingerprint density at radius 3 is 2.03 bits per heavy atom. The Morgan fingerprint density at radius 2 is 1.30 bits per heavy atom. The molecule has 5 aromatic rings. The van der Waals surface area contributed by atoms with Crippen LogP contribution in [0.2, 0.25) is 0 Å². The van der Waals surface area contributed by atoms with Crippen molar-refractivity contribution < 1.29 is 4.79 Å². The smallest absolute Gasteiger partial charge is 0.292 e. The molecule has 0 spiro atoms. The van der Waals surface area contributed by atoms with Gasteiger partial charge in [-0.05, 0) is 55.7 Å². The molecule has 2 amide bonds. The summed E-state index contributed by atoms with van der Waals surface area (Å²) in [4.78, 5) is 13.3. The fourth-order valence-electron chi connectivity index (χ4n) is 4.43. The SMILES string of the molecule is O=C(Nc1c2c(nn1-c1ccccc1)CCC2)Nc1c2ccccc2nn1-c1ccccc1. The van der Waals surface area contributed by atoms with Crippen LogP contribution in [-0.2, 0) is 12.8 Å². The molecule has 0 bridgehead atoms. The van der Waals surface area contributed by atoms with E-state index in [0.717, 1.165) is 58.6 Å². The molecule has 1 aliphatic rings. The second-order valence-electron chi connectivity index (χ2n) is 8.07. The molecule has 1 aliphatic carbocycles. The van der Waals surface area contributed by atoms with Crippen LogP contribution in [0.25, 0.3) is 22.3 Å². The summed E-state index contributed by atoms with van der Waals surface area (Å²) in [5.41, 5.74) is 4.76. The van der Waals surface area contributed by atoms with Crippen LogP contribution in [0.1, 0.15) is 17.7 Å². The third kappa shape index (κ3) is 3.43. The summed E-state index contributed by atoms with van der Waals surface area (Å²) in [5.74, 6) is 1.35. The lowest BCUT2D eigenvalue weighted by molar-refractivity contribution is 0.262. The zero-order valence-electron chi connectivity index (χ0n) is 17.9. The molecule has 0 saturated heterocycles. The second kappa shape index (κ2) is 7.94. The number of aryl methyl sites for hydroxylation is 1. The van der Waals surface area contributed by atoms with Gasteiger partial charge in [0.05, 0.1) is 22.6 Å². The van der Waals surface area contributed by atoms with Crippen LogP contribution in [0.3, 0.4) is 0 Å². The molecule has 6 rings (SSSR count). The van der Waals surface area contributed by atoms with Crippen molar-refractivity contribution in [3.63, 3.8) is 0 Å². The normalized spacial score (nSPS) is 12.6. The number of aromatic nitrogens is 4. The minimum Gasteiger partial charge on any atom is -0.292 e. The highest BCUT2D eigenvalue weighted by molar-refractivity contribution is 6.05. The first-order chi connectivity index (χ1) is 16.3. The molecule has 3 aromatic carbocycles. The Bertz CT molecular complexity index is 1450. The van der Waals surface area contributed by atoms with E-state index in [9.17, 15) is 4.79 Å². The van der Waals surface area contributed by atoms with Crippen LogP contribution < -0.4 is 10.6 Å². The van der Waals surface area contributed by atoms with Crippen molar-refractivity contribution in [1.82, 2.24) is 19.6 Å². The van der Waals surface area contributed by atoms with Gasteiger partial charge in [0.2, 0.25) is 0 Å². The lowest BCUT2D eigenvalue weighted by atomic mass is 10.2. The van der Waals surface area contributed by atoms with Crippen LogP contribution in [0.4, 0.5) is 16.4 Å². The van der Waals surface area contributed by atoms with E-state index < -0.39 is 0 Å². The zero-order chi connectivity index (χ0) is 22.2. The number of nitrogens with one attached hydrogen (secondary N) is 2. The Hall–Kier alpha value is -4.39. The van der Waals surface area contributed by atoms with E-state index >= 15 is 0 Å². The van der Waals surface area contributed by atoms with Gasteiger partial charge in [-0.2, -0.15) is 10.2 Å². The van der Waals surface area contributed by atoms with Gasteiger partial charge in [-0.1, -0.05) is 48.5 Å². The van der Waals surface area contributed by atoms with Crippen molar-refractivity contribution >= 4 is 28.6 Å². The summed E-state index contributed by atoms with van der Waals surface area (Å²) in [6.45, 7) is 0. The van der Waals surface area contributed by atoms with E-state index in [1.54, 1.807) is 4.68 Å². The van der Waals surface area contributed by atoms with E-state index in [1.165, 1.54) is 0 Å². The van der Waals surface area contributed by atoms with Crippen LogP contribution in [0, 0.1) is 0 Å². The minimum absolute atomic E-state index is 0.329. The zero-order valence-corrected chi connectivity index (χ0v) is 17.9. The Kier molecular flexibility index (Phi) is 4.65. The van der Waals surface area contributed by atoms with Gasteiger partial charge in [0.1, 0.15) is 11.6 Å². The third-order valence-corrected chi connectivity index (χ3v) is 5.95. The number of carbonyl (C=O) groups is 1. The van der Waals surface area contributed by atoms with Crippen LogP contribution >= 0.6 is 0 Å². The van der Waals surface area contributed by atoms with E-state index in [0.29, 0.717) is 5.82 Å². The summed E-state index contributed by atoms with van der Waals surface area (Å²) in [7, 11) is 0. The van der Waals surface area contributed by atoms with Gasteiger partial charge in [-0.15, -0.1) is 0 Å². The number of para-hydroxylation sites is 2. The van der Waals surface area contributed by atoms with Gasteiger partial charge < -0.3 is 0 Å². The van der Waals surface area contributed by atoms with Gasteiger partial charge in [0.15, 0.2) is 0 Å². The monoisotopic (exact) mass is 434 g/mol. The maximum Gasteiger partial charge on any atom is 0.326 e. The maximum absolute atomic E-state index is 13.3. The van der Waals surface area contributed by atoms with Crippen LogP contribution in [-0.4, -0.2) is 25.6 Å². The Morgan fingerprint density at radius 1 is 0.697 bits per heavy atom. The van der Waals surface area contributed by atoms with Crippen molar-refractivity contribution in [1.29, 1.82) is 0 Å². The number of hydrogen-bond acceptors (Lipinski definition) is 3. The summed E-state index contributed by atoms with van der Waals surface area (Å²) in [6.07, 6.45) is 2.88. The molecule has 2 heterocycles. The highest BCUT2D eigenvalue weighted by Crippen LogP contribution is 2.32. The van der Waals surface area contributed by atoms with Gasteiger partial charge >= 0.3 is 6.03 Å². The van der Waals surface area contributed by atoms with Gasteiger partial charge in [-0.25, -0.2) is 14.2 Å². The Labute approximate surface area is 190 Å². The molecular formula is C26H22N6O. The first-order valence-electron chi connectivity index (χ1n) is 11.1. The minimum atomic E-state index is -0.329. The highest BCUT2D eigenvalue weighted by atomic mass is 16.2. The molecule has 0 radical (unpaired) electrons. The van der Waals surface area contributed by atoms with Gasteiger partial charge in [-0.3, -0.25) is 10.6 Å². The quantitative estimate of drug-likeness (QED) is 0.401. The second-order valence-corrected chi connectivity index (χ2v) is 8.07. The predicted octanol–water partition coefficient (Wildman–Crippen LogP) is 5.34. The molecule has 0 aliphatic heterocycles.